The molecule has 1 aromatic heterocycles. The number of nitrogens with zero attached hydrogens (tertiary/aromatic N) is 4. The smallest absolute Gasteiger partial charge is 0.274 e. The first-order valence-electron chi connectivity index (χ1n) is 5.50. The number of nitro groups is 1. The fraction of sp³-hybridized carbons (Fsp3) is 0.250. The van der Waals surface area contributed by atoms with Crippen molar-refractivity contribution in [2.75, 3.05) is 11.9 Å². The van der Waals surface area contributed by atoms with Gasteiger partial charge in [0.05, 0.1) is 16.8 Å². The van der Waals surface area contributed by atoms with Crippen LogP contribution >= 0.6 is 0 Å². The van der Waals surface area contributed by atoms with Gasteiger partial charge < -0.3 is 4.90 Å². The van der Waals surface area contributed by atoms with Crippen LogP contribution in [0.4, 0.5) is 11.4 Å². The van der Waals surface area contributed by atoms with Crippen LogP contribution in [-0.2, 0) is 13.6 Å². The second kappa shape index (κ2) is 4.87. The molecule has 0 spiro atoms. The Morgan fingerprint density at radius 3 is 2.78 bits per heavy atom. The van der Waals surface area contributed by atoms with Gasteiger partial charge in [0.2, 0.25) is 0 Å². The zero-order valence-corrected chi connectivity index (χ0v) is 10.3. The van der Waals surface area contributed by atoms with E-state index in [2.05, 4.69) is 5.10 Å². The fourth-order valence-electron chi connectivity index (χ4n) is 1.77. The Morgan fingerprint density at radius 2 is 2.17 bits per heavy atom. The third kappa shape index (κ3) is 2.48. The SMILES string of the molecule is CN(Cc1ccccc1[N+](=O)[O-])c1cnn(C)c1. The summed E-state index contributed by atoms with van der Waals surface area (Å²) in [5.41, 5.74) is 1.76. The summed E-state index contributed by atoms with van der Waals surface area (Å²) in [6, 6.07) is 6.77. The van der Waals surface area contributed by atoms with Crippen LogP contribution in [0.1, 0.15) is 5.56 Å². The second-order valence-electron chi connectivity index (χ2n) is 4.11. The third-order valence-electron chi connectivity index (χ3n) is 2.73. The maximum Gasteiger partial charge on any atom is 0.274 e. The van der Waals surface area contributed by atoms with Crippen LogP contribution < -0.4 is 4.90 Å². The Morgan fingerprint density at radius 1 is 1.44 bits per heavy atom. The minimum Gasteiger partial charge on any atom is -0.367 e. The van der Waals surface area contributed by atoms with Gasteiger partial charge >= 0.3 is 0 Å². The van der Waals surface area contributed by atoms with Crippen molar-refractivity contribution in [3.8, 4) is 0 Å². The predicted octanol–water partition coefficient (Wildman–Crippen LogP) is 1.96. The maximum absolute atomic E-state index is 10.9. The molecule has 0 atom stereocenters. The van der Waals surface area contributed by atoms with Crippen molar-refractivity contribution in [2.45, 2.75) is 6.54 Å². The van der Waals surface area contributed by atoms with Crippen LogP contribution in [-0.4, -0.2) is 21.8 Å². The topological polar surface area (TPSA) is 64.2 Å². The Bertz CT molecular complexity index is 565. The predicted molar refractivity (Wildman–Crippen MR) is 68.4 cm³/mol. The first kappa shape index (κ1) is 12.1. The van der Waals surface area contributed by atoms with Crippen molar-refractivity contribution in [3.63, 3.8) is 0 Å². The number of aromatic nitrogens is 2. The van der Waals surface area contributed by atoms with Crippen LogP contribution in [0.3, 0.4) is 0 Å². The molecular weight excluding hydrogens is 232 g/mol. The van der Waals surface area contributed by atoms with E-state index in [1.54, 1.807) is 29.1 Å². The molecular formula is C12H14N4O2. The van der Waals surface area contributed by atoms with E-state index in [0.717, 1.165) is 5.69 Å². The largest absolute Gasteiger partial charge is 0.367 e. The first-order valence-corrected chi connectivity index (χ1v) is 5.50. The summed E-state index contributed by atoms with van der Waals surface area (Å²) in [6.07, 6.45) is 3.60. The number of hydrogen-bond donors (Lipinski definition) is 0. The highest BCUT2D eigenvalue weighted by atomic mass is 16.6. The molecule has 0 unspecified atom stereocenters. The molecule has 6 heteroatoms. The minimum atomic E-state index is -0.355. The normalized spacial score (nSPS) is 10.3. The summed E-state index contributed by atoms with van der Waals surface area (Å²) < 4.78 is 1.70. The average molecular weight is 246 g/mol. The molecule has 0 aliphatic rings. The molecule has 1 aromatic carbocycles. The van der Waals surface area contributed by atoms with Gasteiger partial charge in [-0.3, -0.25) is 14.8 Å². The summed E-state index contributed by atoms with van der Waals surface area (Å²) in [4.78, 5) is 12.5. The molecule has 0 fully saturated rings. The van der Waals surface area contributed by atoms with E-state index < -0.39 is 0 Å². The molecule has 2 aromatic rings. The zero-order chi connectivity index (χ0) is 13.1. The molecule has 18 heavy (non-hydrogen) atoms. The summed E-state index contributed by atoms with van der Waals surface area (Å²) in [5, 5.41) is 15.0. The van der Waals surface area contributed by atoms with Gasteiger partial charge in [0.1, 0.15) is 0 Å². The summed E-state index contributed by atoms with van der Waals surface area (Å²) in [7, 11) is 3.72. The van der Waals surface area contributed by atoms with Gasteiger partial charge in [0.25, 0.3) is 5.69 Å². The molecule has 0 amide bonds. The number of benzene rings is 1. The number of hydrogen-bond acceptors (Lipinski definition) is 4. The molecule has 2 rings (SSSR count). The number of rotatable bonds is 4. The minimum absolute atomic E-state index is 0.147. The Labute approximate surface area is 105 Å². The molecule has 0 saturated heterocycles. The second-order valence-corrected chi connectivity index (χ2v) is 4.11. The Balaban J connectivity index is 2.21. The molecule has 0 radical (unpaired) electrons. The molecule has 0 aliphatic heterocycles. The fourth-order valence-corrected chi connectivity index (χ4v) is 1.77. The molecule has 1 heterocycles. The average Bonchev–Trinajstić information content (AvgIpc) is 2.76. The van der Waals surface area contributed by atoms with Crippen molar-refractivity contribution >= 4 is 11.4 Å². The highest BCUT2D eigenvalue weighted by molar-refractivity contribution is 5.46. The van der Waals surface area contributed by atoms with Crippen LogP contribution in [0.2, 0.25) is 0 Å². The molecule has 94 valence electrons. The van der Waals surface area contributed by atoms with Gasteiger partial charge in [-0.05, 0) is 0 Å². The molecule has 0 aliphatic carbocycles. The van der Waals surface area contributed by atoms with E-state index in [4.69, 9.17) is 0 Å². The van der Waals surface area contributed by atoms with Crippen molar-refractivity contribution < 1.29 is 4.92 Å². The van der Waals surface area contributed by atoms with Crippen LogP contribution in [0, 0.1) is 10.1 Å². The van der Waals surface area contributed by atoms with Gasteiger partial charge in [0.15, 0.2) is 0 Å². The highest BCUT2D eigenvalue weighted by Gasteiger charge is 2.14. The van der Waals surface area contributed by atoms with Crippen molar-refractivity contribution in [2.24, 2.45) is 7.05 Å². The third-order valence-corrected chi connectivity index (χ3v) is 2.73. The molecule has 6 nitrogen and oxygen atoms in total. The quantitative estimate of drug-likeness (QED) is 0.611. The van der Waals surface area contributed by atoms with Gasteiger partial charge in [-0.2, -0.15) is 5.10 Å². The van der Waals surface area contributed by atoms with E-state index in [-0.39, 0.29) is 10.6 Å². The number of anilines is 1. The van der Waals surface area contributed by atoms with E-state index in [0.29, 0.717) is 12.1 Å². The van der Waals surface area contributed by atoms with E-state index in [1.165, 1.54) is 6.07 Å². The Hall–Kier alpha value is -2.37. The first-order chi connectivity index (χ1) is 8.58. The molecule has 0 N–H and O–H groups in total. The lowest BCUT2D eigenvalue weighted by molar-refractivity contribution is -0.385. The summed E-state index contributed by atoms with van der Waals surface area (Å²) in [5.74, 6) is 0. The van der Waals surface area contributed by atoms with Crippen molar-refractivity contribution in [3.05, 3.63) is 52.3 Å². The molecule has 0 bridgehead atoms. The van der Waals surface area contributed by atoms with E-state index in [1.807, 2.05) is 25.2 Å². The van der Waals surface area contributed by atoms with E-state index >= 15 is 0 Å². The zero-order valence-electron chi connectivity index (χ0n) is 10.3. The number of nitro benzene ring substituents is 1. The maximum atomic E-state index is 10.9. The summed E-state index contributed by atoms with van der Waals surface area (Å²) >= 11 is 0. The van der Waals surface area contributed by atoms with E-state index in [9.17, 15) is 10.1 Å². The lowest BCUT2D eigenvalue weighted by Gasteiger charge is -2.16. The molecule has 0 saturated carbocycles. The standard InChI is InChI=1S/C12H14N4O2/c1-14(11-7-13-15(2)9-11)8-10-5-3-4-6-12(10)16(17)18/h3-7,9H,8H2,1-2H3. The van der Waals surface area contributed by atoms with Crippen molar-refractivity contribution in [1.82, 2.24) is 9.78 Å². The highest BCUT2D eigenvalue weighted by Crippen LogP contribution is 2.21. The van der Waals surface area contributed by atoms with Gasteiger partial charge in [-0.25, -0.2) is 0 Å². The lowest BCUT2D eigenvalue weighted by Crippen LogP contribution is -2.16. The van der Waals surface area contributed by atoms with Gasteiger partial charge in [-0.1, -0.05) is 18.2 Å². The number of aryl methyl sites for hydroxylation is 1. The van der Waals surface area contributed by atoms with Crippen LogP contribution in [0.25, 0.3) is 0 Å². The summed E-state index contributed by atoms with van der Waals surface area (Å²) in [6.45, 7) is 0.475. The van der Waals surface area contributed by atoms with Crippen molar-refractivity contribution in [1.29, 1.82) is 0 Å². The van der Waals surface area contributed by atoms with Gasteiger partial charge in [-0.15, -0.1) is 0 Å². The van der Waals surface area contributed by atoms with Crippen LogP contribution in [0.5, 0.6) is 0 Å². The lowest BCUT2D eigenvalue weighted by atomic mass is 10.1. The van der Waals surface area contributed by atoms with Crippen LogP contribution in [0.15, 0.2) is 36.7 Å². The Kier molecular flexibility index (Phi) is 3.27. The monoisotopic (exact) mass is 246 g/mol. The number of para-hydroxylation sites is 1. The van der Waals surface area contributed by atoms with Gasteiger partial charge in [0, 0.05) is 38.5 Å².